The SMILES string of the molecule is O=C(Nc1ccccc1Sc1ccccc1)C(=O)c1c(-c2ccccc2)cc2ccccn12. The Labute approximate surface area is 195 Å². The first-order chi connectivity index (χ1) is 16.2. The Bertz CT molecular complexity index is 1440. The zero-order valence-corrected chi connectivity index (χ0v) is 18.5. The number of Topliss-reactive ketones (excluding diaryl/α,β-unsaturated/α-hetero) is 1. The number of pyridine rings is 1. The number of anilines is 1. The molecule has 2 heterocycles. The van der Waals surface area contributed by atoms with Crippen molar-refractivity contribution in [1.29, 1.82) is 0 Å². The van der Waals surface area contributed by atoms with E-state index in [9.17, 15) is 9.59 Å². The Kier molecular flexibility index (Phi) is 5.79. The molecule has 1 N–H and O–H groups in total. The van der Waals surface area contributed by atoms with Crippen LogP contribution in [-0.2, 0) is 4.79 Å². The zero-order chi connectivity index (χ0) is 22.6. The molecule has 5 heteroatoms. The molecular formula is C28H20N2O2S. The van der Waals surface area contributed by atoms with Crippen molar-refractivity contribution in [2.45, 2.75) is 9.79 Å². The molecule has 0 saturated heterocycles. The van der Waals surface area contributed by atoms with Crippen LogP contribution in [0.2, 0.25) is 0 Å². The summed E-state index contributed by atoms with van der Waals surface area (Å²) in [6, 6.07) is 34.7. The maximum Gasteiger partial charge on any atom is 0.298 e. The van der Waals surface area contributed by atoms with Crippen LogP contribution < -0.4 is 5.32 Å². The summed E-state index contributed by atoms with van der Waals surface area (Å²) in [5, 5.41) is 2.84. The second-order valence-corrected chi connectivity index (χ2v) is 8.58. The van der Waals surface area contributed by atoms with Crippen molar-refractivity contribution < 1.29 is 9.59 Å². The van der Waals surface area contributed by atoms with Gasteiger partial charge in [-0.15, -0.1) is 0 Å². The summed E-state index contributed by atoms with van der Waals surface area (Å²) in [5.41, 5.74) is 3.42. The Hall–Kier alpha value is -4.09. The number of fused-ring (bicyclic) bond motifs is 1. The van der Waals surface area contributed by atoms with Crippen molar-refractivity contribution in [3.8, 4) is 11.1 Å². The molecule has 1 amide bonds. The third-order valence-corrected chi connectivity index (χ3v) is 6.38. The van der Waals surface area contributed by atoms with Gasteiger partial charge in [-0.2, -0.15) is 0 Å². The van der Waals surface area contributed by atoms with E-state index in [0.717, 1.165) is 26.4 Å². The number of carbonyl (C=O) groups excluding carboxylic acids is 2. The van der Waals surface area contributed by atoms with Crippen molar-refractivity contribution in [2.75, 3.05) is 5.32 Å². The van der Waals surface area contributed by atoms with Crippen molar-refractivity contribution in [2.24, 2.45) is 0 Å². The van der Waals surface area contributed by atoms with Gasteiger partial charge in [0.1, 0.15) is 5.69 Å². The molecule has 0 aliphatic carbocycles. The number of rotatable bonds is 6. The largest absolute Gasteiger partial charge is 0.318 e. The molecule has 0 aliphatic rings. The quantitative estimate of drug-likeness (QED) is 0.236. The minimum atomic E-state index is -0.669. The summed E-state index contributed by atoms with van der Waals surface area (Å²) in [7, 11) is 0. The van der Waals surface area contributed by atoms with Crippen molar-refractivity contribution in [3.63, 3.8) is 0 Å². The van der Waals surface area contributed by atoms with Crippen LogP contribution in [0.15, 0.2) is 125 Å². The van der Waals surface area contributed by atoms with Gasteiger partial charge in [0.05, 0.1) is 5.69 Å². The lowest BCUT2D eigenvalue weighted by molar-refractivity contribution is -0.112. The molecular weight excluding hydrogens is 428 g/mol. The third kappa shape index (κ3) is 4.31. The predicted molar refractivity (Wildman–Crippen MR) is 133 cm³/mol. The van der Waals surface area contributed by atoms with E-state index in [0.29, 0.717) is 11.4 Å². The van der Waals surface area contributed by atoms with Crippen molar-refractivity contribution in [1.82, 2.24) is 4.40 Å². The molecule has 2 aromatic heterocycles. The Balaban J connectivity index is 1.49. The molecule has 4 nitrogen and oxygen atoms in total. The van der Waals surface area contributed by atoms with Crippen LogP contribution in [0.4, 0.5) is 5.69 Å². The first kappa shape index (κ1) is 20.8. The summed E-state index contributed by atoms with van der Waals surface area (Å²) in [5.74, 6) is -1.25. The van der Waals surface area contributed by atoms with Gasteiger partial charge in [-0.1, -0.05) is 78.5 Å². The summed E-state index contributed by atoms with van der Waals surface area (Å²) in [6.45, 7) is 0. The lowest BCUT2D eigenvalue weighted by Gasteiger charge is -2.11. The second kappa shape index (κ2) is 9.18. The van der Waals surface area contributed by atoms with E-state index in [1.165, 1.54) is 11.8 Å². The maximum absolute atomic E-state index is 13.4. The van der Waals surface area contributed by atoms with Crippen LogP contribution in [0.5, 0.6) is 0 Å². The average molecular weight is 449 g/mol. The molecule has 0 fully saturated rings. The van der Waals surface area contributed by atoms with Crippen LogP contribution in [0.25, 0.3) is 16.6 Å². The number of carbonyl (C=O) groups is 2. The monoisotopic (exact) mass is 448 g/mol. The fraction of sp³-hybridized carbons (Fsp3) is 0. The minimum Gasteiger partial charge on any atom is -0.318 e. The summed E-state index contributed by atoms with van der Waals surface area (Å²) < 4.78 is 1.77. The van der Waals surface area contributed by atoms with Crippen molar-refractivity contribution >= 4 is 34.7 Å². The molecule has 0 atom stereocenters. The van der Waals surface area contributed by atoms with E-state index in [-0.39, 0.29) is 0 Å². The number of para-hydroxylation sites is 1. The Morgan fingerprint density at radius 1 is 0.727 bits per heavy atom. The standard InChI is InChI=1S/C28H20N2O2S/c31-27(26-23(20-11-3-1-4-12-20)19-21-13-9-10-18-30(21)26)28(32)29-24-16-7-8-17-25(24)33-22-14-5-2-6-15-22/h1-19H,(H,29,32). The van der Waals surface area contributed by atoms with Gasteiger partial charge in [0.2, 0.25) is 0 Å². The fourth-order valence-electron chi connectivity index (χ4n) is 3.75. The number of nitrogens with one attached hydrogen (secondary N) is 1. The van der Waals surface area contributed by atoms with Gasteiger partial charge < -0.3 is 9.72 Å². The van der Waals surface area contributed by atoms with Crippen LogP contribution in [0.1, 0.15) is 10.5 Å². The lowest BCUT2D eigenvalue weighted by Crippen LogP contribution is -2.25. The number of hydrogen-bond acceptors (Lipinski definition) is 3. The van der Waals surface area contributed by atoms with Crippen LogP contribution in [0, 0.1) is 0 Å². The highest BCUT2D eigenvalue weighted by Crippen LogP contribution is 2.34. The first-order valence-electron chi connectivity index (χ1n) is 10.5. The average Bonchev–Trinajstić information content (AvgIpc) is 3.25. The fourth-order valence-corrected chi connectivity index (χ4v) is 4.68. The molecule has 0 spiro atoms. The number of nitrogens with zero attached hydrogens (tertiary/aromatic N) is 1. The highest BCUT2D eigenvalue weighted by molar-refractivity contribution is 7.99. The number of hydrogen-bond donors (Lipinski definition) is 1. The number of ketones is 1. The molecule has 0 unspecified atom stereocenters. The van der Waals surface area contributed by atoms with Gasteiger partial charge >= 0.3 is 0 Å². The van der Waals surface area contributed by atoms with E-state index >= 15 is 0 Å². The Morgan fingerprint density at radius 2 is 1.39 bits per heavy atom. The maximum atomic E-state index is 13.4. The van der Waals surface area contributed by atoms with E-state index in [4.69, 9.17) is 0 Å². The molecule has 5 rings (SSSR count). The molecule has 33 heavy (non-hydrogen) atoms. The van der Waals surface area contributed by atoms with Crippen LogP contribution in [-0.4, -0.2) is 16.1 Å². The third-order valence-electron chi connectivity index (χ3n) is 5.29. The molecule has 160 valence electrons. The first-order valence-corrected chi connectivity index (χ1v) is 11.4. The summed E-state index contributed by atoms with van der Waals surface area (Å²) in [4.78, 5) is 28.5. The predicted octanol–water partition coefficient (Wildman–Crippen LogP) is 6.58. The van der Waals surface area contributed by atoms with Crippen LogP contribution in [0.3, 0.4) is 0 Å². The number of benzene rings is 3. The number of aromatic nitrogens is 1. The summed E-state index contributed by atoms with van der Waals surface area (Å²) >= 11 is 1.54. The van der Waals surface area contributed by atoms with Gasteiger partial charge in [0.15, 0.2) is 0 Å². The second-order valence-electron chi connectivity index (χ2n) is 7.46. The summed E-state index contributed by atoms with van der Waals surface area (Å²) in [6.07, 6.45) is 1.81. The zero-order valence-electron chi connectivity index (χ0n) is 17.6. The molecule has 5 aromatic rings. The van der Waals surface area contributed by atoms with E-state index in [2.05, 4.69) is 5.32 Å². The Morgan fingerprint density at radius 3 is 2.18 bits per heavy atom. The molecule has 0 aliphatic heterocycles. The van der Waals surface area contributed by atoms with Gasteiger partial charge in [-0.05, 0) is 48.0 Å². The lowest BCUT2D eigenvalue weighted by atomic mass is 10.0. The van der Waals surface area contributed by atoms with Gasteiger partial charge in [-0.3, -0.25) is 9.59 Å². The number of amides is 1. The molecule has 3 aromatic carbocycles. The highest BCUT2D eigenvalue weighted by Gasteiger charge is 2.25. The molecule has 0 bridgehead atoms. The van der Waals surface area contributed by atoms with E-state index in [1.807, 2.05) is 115 Å². The normalized spacial score (nSPS) is 10.8. The van der Waals surface area contributed by atoms with Gasteiger partial charge in [-0.25, -0.2) is 0 Å². The van der Waals surface area contributed by atoms with E-state index < -0.39 is 11.7 Å². The smallest absolute Gasteiger partial charge is 0.298 e. The van der Waals surface area contributed by atoms with Gasteiger partial charge in [0, 0.05) is 27.1 Å². The van der Waals surface area contributed by atoms with E-state index in [1.54, 1.807) is 4.40 Å². The topological polar surface area (TPSA) is 50.6 Å². The highest BCUT2D eigenvalue weighted by atomic mass is 32.2. The van der Waals surface area contributed by atoms with Crippen molar-refractivity contribution in [3.05, 3.63) is 121 Å². The molecule has 0 saturated carbocycles. The van der Waals surface area contributed by atoms with Gasteiger partial charge in [0.25, 0.3) is 11.7 Å². The minimum absolute atomic E-state index is 0.350. The van der Waals surface area contributed by atoms with Crippen LogP contribution >= 0.6 is 11.8 Å². The molecule has 0 radical (unpaired) electrons.